The van der Waals surface area contributed by atoms with Crippen LogP contribution in [0.3, 0.4) is 0 Å². The molecule has 8 nitrogen and oxygen atoms in total. The Hall–Kier alpha value is -3.86. The van der Waals surface area contributed by atoms with Crippen molar-refractivity contribution in [1.29, 1.82) is 5.26 Å². The van der Waals surface area contributed by atoms with Crippen LogP contribution in [-0.4, -0.2) is 22.5 Å². The zero-order valence-electron chi connectivity index (χ0n) is 15.4. The molecule has 1 atom stereocenters. The number of ether oxygens (including phenoxy) is 3. The van der Waals surface area contributed by atoms with Crippen LogP contribution in [0.15, 0.2) is 65.5 Å². The average Bonchev–Trinajstić information content (AvgIpc) is 2.68. The standard InChI is InChI=1S/C20H18N4O4/c1-3-26-19(25)16-12(2)27-18(22)15(11-21)17(16)13-6-4-7-14(10-13)28-20-23-8-5-9-24-20/h4-10,17H,3,22H2,1-2H3. The molecular weight excluding hydrogens is 360 g/mol. The summed E-state index contributed by atoms with van der Waals surface area (Å²) >= 11 is 0. The molecule has 1 aromatic carbocycles. The highest BCUT2D eigenvalue weighted by molar-refractivity contribution is 5.92. The summed E-state index contributed by atoms with van der Waals surface area (Å²) < 4.78 is 16.2. The van der Waals surface area contributed by atoms with Crippen molar-refractivity contribution in [3.8, 4) is 17.8 Å². The highest BCUT2D eigenvalue weighted by atomic mass is 16.5. The molecular formula is C20H18N4O4. The van der Waals surface area contributed by atoms with Crippen LogP contribution in [-0.2, 0) is 14.3 Å². The highest BCUT2D eigenvalue weighted by Gasteiger charge is 2.36. The lowest BCUT2D eigenvalue weighted by atomic mass is 9.83. The number of allylic oxidation sites excluding steroid dienone is 2. The first-order valence-electron chi connectivity index (χ1n) is 8.55. The van der Waals surface area contributed by atoms with Crippen molar-refractivity contribution in [1.82, 2.24) is 9.97 Å². The minimum Gasteiger partial charge on any atom is -0.463 e. The van der Waals surface area contributed by atoms with E-state index < -0.39 is 11.9 Å². The van der Waals surface area contributed by atoms with Gasteiger partial charge in [0.15, 0.2) is 0 Å². The lowest BCUT2D eigenvalue weighted by molar-refractivity contribution is -0.139. The van der Waals surface area contributed by atoms with E-state index in [1.807, 2.05) is 6.07 Å². The van der Waals surface area contributed by atoms with E-state index in [1.54, 1.807) is 56.6 Å². The SMILES string of the molecule is CCOC(=O)C1=C(C)OC(N)=C(C#N)C1c1cccc(Oc2ncccn2)c1. The number of aromatic nitrogens is 2. The minimum atomic E-state index is -0.738. The van der Waals surface area contributed by atoms with Crippen molar-refractivity contribution >= 4 is 5.97 Å². The van der Waals surface area contributed by atoms with Gasteiger partial charge in [0.1, 0.15) is 23.2 Å². The first kappa shape index (κ1) is 18.9. The van der Waals surface area contributed by atoms with Crippen LogP contribution in [0.5, 0.6) is 11.8 Å². The molecule has 0 fully saturated rings. The van der Waals surface area contributed by atoms with Gasteiger partial charge in [-0.3, -0.25) is 0 Å². The van der Waals surface area contributed by atoms with Crippen molar-refractivity contribution in [2.75, 3.05) is 6.61 Å². The first-order chi connectivity index (χ1) is 13.5. The highest BCUT2D eigenvalue weighted by Crippen LogP contribution is 2.40. The Labute approximate surface area is 161 Å². The maximum absolute atomic E-state index is 12.6. The van der Waals surface area contributed by atoms with Crippen LogP contribution < -0.4 is 10.5 Å². The van der Waals surface area contributed by atoms with E-state index in [9.17, 15) is 10.1 Å². The van der Waals surface area contributed by atoms with Gasteiger partial charge in [-0.05, 0) is 37.6 Å². The van der Waals surface area contributed by atoms with Crippen LogP contribution in [0.1, 0.15) is 25.3 Å². The molecule has 2 aromatic rings. The summed E-state index contributed by atoms with van der Waals surface area (Å²) in [6.07, 6.45) is 3.12. The summed E-state index contributed by atoms with van der Waals surface area (Å²) in [7, 11) is 0. The number of nitrogens with zero attached hydrogens (tertiary/aromatic N) is 3. The lowest BCUT2D eigenvalue weighted by Crippen LogP contribution is -2.25. The lowest BCUT2D eigenvalue weighted by Gasteiger charge is -2.27. The Morgan fingerprint density at radius 3 is 2.75 bits per heavy atom. The smallest absolute Gasteiger partial charge is 0.338 e. The third-order valence-electron chi connectivity index (χ3n) is 4.04. The summed E-state index contributed by atoms with van der Waals surface area (Å²) in [5, 5.41) is 9.62. The Bertz CT molecular complexity index is 993. The van der Waals surface area contributed by atoms with Crippen LogP contribution in [0, 0.1) is 11.3 Å². The van der Waals surface area contributed by atoms with Gasteiger partial charge in [0.2, 0.25) is 5.88 Å². The second-order valence-electron chi connectivity index (χ2n) is 5.82. The molecule has 0 radical (unpaired) electrons. The van der Waals surface area contributed by atoms with Crippen LogP contribution in [0.2, 0.25) is 0 Å². The summed E-state index contributed by atoms with van der Waals surface area (Å²) in [6, 6.07) is 10.8. The van der Waals surface area contributed by atoms with Crippen molar-refractivity contribution in [3.05, 3.63) is 71.1 Å². The third-order valence-corrected chi connectivity index (χ3v) is 4.04. The summed E-state index contributed by atoms with van der Waals surface area (Å²) in [5.74, 6) is -0.610. The molecule has 0 bridgehead atoms. The van der Waals surface area contributed by atoms with E-state index in [0.29, 0.717) is 11.3 Å². The molecule has 2 N–H and O–H groups in total. The zero-order valence-corrected chi connectivity index (χ0v) is 15.4. The fourth-order valence-corrected chi connectivity index (χ4v) is 2.89. The third kappa shape index (κ3) is 3.78. The monoisotopic (exact) mass is 378 g/mol. The molecule has 142 valence electrons. The molecule has 28 heavy (non-hydrogen) atoms. The molecule has 0 aliphatic carbocycles. The molecule has 1 aliphatic rings. The molecule has 0 saturated carbocycles. The minimum absolute atomic E-state index is 0.0456. The van der Waals surface area contributed by atoms with Gasteiger partial charge < -0.3 is 19.9 Å². The number of carbonyl (C=O) groups excluding carboxylic acids is 1. The Morgan fingerprint density at radius 1 is 1.32 bits per heavy atom. The van der Waals surface area contributed by atoms with Gasteiger partial charge in [-0.25, -0.2) is 14.8 Å². The van der Waals surface area contributed by atoms with E-state index in [2.05, 4.69) is 9.97 Å². The number of nitrogens with two attached hydrogens (primary N) is 1. The molecule has 1 aliphatic heterocycles. The number of nitriles is 1. The average molecular weight is 378 g/mol. The number of hydrogen-bond donors (Lipinski definition) is 1. The van der Waals surface area contributed by atoms with E-state index in [-0.39, 0.29) is 35.4 Å². The predicted octanol–water partition coefficient (Wildman–Crippen LogP) is 2.91. The maximum Gasteiger partial charge on any atom is 0.338 e. The predicted molar refractivity (Wildman–Crippen MR) is 98.5 cm³/mol. The maximum atomic E-state index is 12.6. The molecule has 2 heterocycles. The molecule has 0 spiro atoms. The number of rotatable bonds is 5. The van der Waals surface area contributed by atoms with Gasteiger partial charge >= 0.3 is 12.0 Å². The second-order valence-corrected chi connectivity index (χ2v) is 5.82. The van der Waals surface area contributed by atoms with Crippen LogP contribution in [0.4, 0.5) is 0 Å². The van der Waals surface area contributed by atoms with E-state index in [4.69, 9.17) is 19.9 Å². The largest absolute Gasteiger partial charge is 0.463 e. The van der Waals surface area contributed by atoms with E-state index >= 15 is 0 Å². The normalized spacial score (nSPS) is 16.2. The summed E-state index contributed by atoms with van der Waals surface area (Å²) in [4.78, 5) is 20.6. The first-order valence-corrected chi connectivity index (χ1v) is 8.55. The second kappa shape index (κ2) is 8.22. The van der Waals surface area contributed by atoms with Crippen molar-refractivity contribution in [2.24, 2.45) is 5.73 Å². The molecule has 8 heteroatoms. The van der Waals surface area contributed by atoms with Crippen LogP contribution >= 0.6 is 0 Å². The molecule has 1 aromatic heterocycles. The van der Waals surface area contributed by atoms with E-state index in [0.717, 1.165) is 0 Å². The Kier molecular flexibility index (Phi) is 5.56. The number of benzene rings is 1. The number of hydrogen-bond acceptors (Lipinski definition) is 8. The van der Waals surface area contributed by atoms with Gasteiger partial charge in [0.05, 0.1) is 18.1 Å². The Morgan fingerprint density at radius 2 is 2.07 bits per heavy atom. The van der Waals surface area contributed by atoms with Crippen LogP contribution in [0.25, 0.3) is 0 Å². The zero-order chi connectivity index (χ0) is 20.1. The van der Waals surface area contributed by atoms with Gasteiger partial charge in [-0.1, -0.05) is 12.1 Å². The quantitative estimate of drug-likeness (QED) is 0.789. The molecule has 3 rings (SSSR count). The van der Waals surface area contributed by atoms with Crippen molar-refractivity contribution < 1.29 is 19.0 Å². The van der Waals surface area contributed by atoms with Crippen molar-refractivity contribution in [3.63, 3.8) is 0 Å². The summed E-state index contributed by atoms with van der Waals surface area (Å²) in [6.45, 7) is 3.51. The Balaban J connectivity index is 2.04. The number of carbonyl (C=O) groups is 1. The van der Waals surface area contributed by atoms with Gasteiger partial charge in [-0.15, -0.1) is 0 Å². The van der Waals surface area contributed by atoms with Gasteiger partial charge in [0.25, 0.3) is 0 Å². The molecule has 0 amide bonds. The molecule has 1 unspecified atom stereocenters. The summed E-state index contributed by atoms with van der Waals surface area (Å²) in [5.41, 5.74) is 6.88. The van der Waals surface area contributed by atoms with E-state index in [1.165, 1.54) is 0 Å². The van der Waals surface area contributed by atoms with Gasteiger partial charge in [-0.2, -0.15) is 5.26 Å². The molecule has 0 saturated heterocycles. The van der Waals surface area contributed by atoms with Gasteiger partial charge in [0, 0.05) is 12.4 Å². The topological polar surface area (TPSA) is 120 Å². The fraction of sp³-hybridized carbons (Fsp3) is 0.200. The number of esters is 1. The van der Waals surface area contributed by atoms with Crippen molar-refractivity contribution in [2.45, 2.75) is 19.8 Å². The fourth-order valence-electron chi connectivity index (χ4n) is 2.89.